The Morgan fingerprint density at radius 2 is 2.45 bits per heavy atom. The normalized spacial score (nSPS) is 17.4. The lowest BCUT2D eigenvalue weighted by Gasteiger charge is -2.35. The smallest absolute Gasteiger partial charge is 0.263 e. The number of rotatable bonds is 3. The summed E-state index contributed by atoms with van der Waals surface area (Å²) in [6.45, 7) is 3.78. The molecule has 5 nitrogen and oxygen atoms in total. The van der Waals surface area contributed by atoms with Gasteiger partial charge in [-0.25, -0.2) is 0 Å². The third-order valence-electron chi connectivity index (χ3n) is 1.49. The van der Waals surface area contributed by atoms with E-state index in [0.29, 0.717) is 13.1 Å². The Balaban J connectivity index is 2.16. The first-order valence-electron chi connectivity index (χ1n) is 3.28. The van der Waals surface area contributed by atoms with E-state index in [1.54, 1.807) is 0 Å². The van der Waals surface area contributed by atoms with Gasteiger partial charge in [-0.15, -0.1) is 5.16 Å². The van der Waals surface area contributed by atoms with Crippen molar-refractivity contribution in [3.05, 3.63) is 0 Å². The zero-order chi connectivity index (χ0) is 8.27. The summed E-state index contributed by atoms with van der Waals surface area (Å²) in [6, 6.07) is 0. The average Bonchev–Trinajstić information content (AvgIpc) is 1.94. The van der Waals surface area contributed by atoms with Crippen LogP contribution in [0.3, 0.4) is 0 Å². The van der Waals surface area contributed by atoms with Gasteiger partial charge in [-0.05, 0) is 0 Å². The molecule has 0 bridgehead atoms. The van der Waals surface area contributed by atoms with Crippen molar-refractivity contribution in [1.29, 1.82) is 0 Å². The molecule has 1 heterocycles. The van der Waals surface area contributed by atoms with E-state index in [-0.39, 0.29) is 18.6 Å². The molecule has 1 fully saturated rings. The van der Waals surface area contributed by atoms with Crippen LogP contribution in [0.1, 0.15) is 0 Å². The van der Waals surface area contributed by atoms with Crippen LogP contribution < -0.4 is 0 Å². The van der Waals surface area contributed by atoms with E-state index in [1.807, 2.05) is 0 Å². The molecule has 1 saturated heterocycles. The fourth-order valence-corrected chi connectivity index (χ4v) is 0.851. The molecule has 1 amide bonds. The van der Waals surface area contributed by atoms with E-state index in [4.69, 9.17) is 5.11 Å². The first-order chi connectivity index (χ1) is 5.24. The highest BCUT2D eigenvalue weighted by Gasteiger charge is 2.28. The van der Waals surface area contributed by atoms with E-state index in [0.717, 1.165) is 0 Å². The summed E-state index contributed by atoms with van der Waals surface area (Å²) in [5.74, 6) is -0.164. The zero-order valence-corrected chi connectivity index (χ0v) is 6.06. The molecule has 0 aromatic carbocycles. The fourth-order valence-electron chi connectivity index (χ4n) is 0.851. The molecule has 0 unspecified atom stereocenters. The van der Waals surface area contributed by atoms with Crippen molar-refractivity contribution < 1.29 is 14.7 Å². The number of nitrogens with zero attached hydrogens (tertiary/aromatic N) is 2. The highest BCUT2D eigenvalue weighted by Crippen LogP contribution is 2.06. The van der Waals surface area contributed by atoms with Gasteiger partial charge in [-0.2, -0.15) is 0 Å². The van der Waals surface area contributed by atoms with E-state index >= 15 is 0 Å². The van der Waals surface area contributed by atoms with Gasteiger partial charge in [-0.3, -0.25) is 4.79 Å². The highest BCUT2D eigenvalue weighted by atomic mass is 16.6. The van der Waals surface area contributed by atoms with E-state index in [9.17, 15) is 4.79 Å². The molecule has 62 valence electrons. The molecule has 0 saturated carbocycles. The maximum Gasteiger partial charge on any atom is 0.263 e. The average molecular weight is 158 g/mol. The van der Waals surface area contributed by atoms with Crippen molar-refractivity contribution in [1.82, 2.24) is 4.90 Å². The molecule has 0 aromatic rings. The lowest BCUT2D eigenvalue weighted by atomic mass is 10.2. The second-order valence-electron chi connectivity index (χ2n) is 2.36. The Labute approximate surface area is 64.2 Å². The molecule has 0 aliphatic carbocycles. The van der Waals surface area contributed by atoms with Gasteiger partial charge in [0.05, 0.1) is 6.10 Å². The lowest BCUT2D eigenvalue weighted by Crippen LogP contribution is -2.54. The lowest BCUT2D eigenvalue weighted by molar-refractivity contribution is -0.146. The van der Waals surface area contributed by atoms with Crippen LogP contribution >= 0.6 is 0 Å². The van der Waals surface area contributed by atoms with E-state index < -0.39 is 0 Å². The Morgan fingerprint density at radius 1 is 1.82 bits per heavy atom. The Hall–Kier alpha value is -1.10. The molecule has 0 spiro atoms. The Morgan fingerprint density at radius 3 is 2.91 bits per heavy atom. The Kier molecular flexibility index (Phi) is 2.43. The molecule has 1 aliphatic rings. The minimum atomic E-state index is -0.365. The van der Waals surface area contributed by atoms with Gasteiger partial charge >= 0.3 is 0 Å². The third-order valence-corrected chi connectivity index (χ3v) is 1.49. The first-order valence-corrected chi connectivity index (χ1v) is 3.28. The molecule has 0 aromatic heterocycles. The highest BCUT2D eigenvalue weighted by molar-refractivity contribution is 5.78. The van der Waals surface area contributed by atoms with Gasteiger partial charge in [-0.1, -0.05) is 0 Å². The van der Waals surface area contributed by atoms with Crippen LogP contribution in [0.4, 0.5) is 0 Å². The SMILES string of the molecule is C=NOCC(=O)N1CC(O)C1. The summed E-state index contributed by atoms with van der Waals surface area (Å²) in [5.41, 5.74) is 0. The third kappa shape index (κ3) is 1.91. The van der Waals surface area contributed by atoms with E-state index in [2.05, 4.69) is 16.7 Å². The molecule has 1 N–H and O–H groups in total. The molecular formula is C6H10N2O3. The van der Waals surface area contributed by atoms with Crippen LogP contribution in [0.2, 0.25) is 0 Å². The summed E-state index contributed by atoms with van der Waals surface area (Å²) in [4.78, 5) is 16.9. The van der Waals surface area contributed by atoms with Gasteiger partial charge in [0, 0.05) is 19.8 Å². The maximum absolute atomic E-state index is 10.9. The molecule has 1 rings (SSSR count). The van der Waals surface area contributed by atoms with Gasteiger partial charge in [0.25, 0.3) is 5.91 Å². The Bertz CT molecular complexity index is 165. The van der Waals surface area contributed by atoms with Crippen molar-refractivity contribution in [2.45, 2.75) is 6.10 Å². The van der Waals surface area contributed by atoms with Crippen LogP contribution in [-0.4, -0.2) is 48.4 Å². The molecule has 0 atom stereocenters. The number of aliphatic hydroxyl groups excluding tert-OH is 1. The monoisotopic (exact) mass is 158 g/mol. The molecule has 5 heteroatoms. The summed E-state index contributed by atoms with van der Waals surface area (Å²) >= 11 is 0. The van der Waals surface area contributed by atoms with Gasteiger partial charge in [0.2, 0.25) is 0 Å². The molecule has 1 aliphatic heterocycles. The van der Waals surface area contributed by atoms with Crippen LogP contribution in [0, 0.1) is 0 Å². The topological polar surface area (TPSA) is 62.1 Å². The van der Waals surface area contributed by atoms with Crippen molar-refractivity contribution in [3.63, 3.8) is 0 Å². The number of likely N-dealkylation sites (tertiary alicyclic amines) is 1. The standard InChI is InChI=1S/C6H10N2O3/c1-7-11-4-6(10)8-2-5(9)3-8/h5,9H,1-4H2. The van der Waals surface area contributed by atoms with Crippen LogP contribution in [-0.2, 0) is 9.63 Å². The number of carbonyl (C=O) groups excluding carboxylic acids is 1. The number of amides is 1. The number of aliphatic hydroxyl groups is 1. The molecule has 0 radical (unpaired) electrons. The van der Waals surface area contributed by atoms with Crippen LogP contribution in [0.15, 0.2) is 5.16 Å². The van der Waals surface area contributed by atoms with Crippen LogP contribution in [0.25, 0.3) is 0 Å². The summed E-state index contributed by atoms with van der Waals surface area (Å²) in [6.07, 6.45) is -0.365. The largest absolute Gasteiger partial charge is 0.389 e. The van der Waals surface area contributed by atoms with Crippen molar-refractivity contribution >= 4 is 12.6 Å². The second-order valence-corrected chi connectivity index (χ2v) is 2.36. The maximum atomic E-state index is 10.9. The van der Waals surface area contributed by atoms with E-state index in [1.165, 1.54) is 4.90 Å². The number of oxime groups is 1. The minimum Gasteiger partial charge on any atom is -0.389 e. The van der Waals surface area contributed by atoms with Crippen molar-refractivity contribution in [2.24, 2.45) is 5.16 Å². The van der Waals surface area contributed by atoms with Gasteiger partial charge in [0.15, 0.2) is 6.61 Å². The first kappa shape index (κ1) is 8.00. The predicted molar refractivity (Wildman–Crippen MR) is 38.1 cm³/mol. The second kappa shape index (κ2) is 3.34. The summed E-state index contributed by atoms with van der Waals surface area (Å²) in [5, 5.41) is 11.9. The number of carbonyl (C=O) groups is 1. The van der Waals surface area contributed by atoms with Crippen LogP contribution in [0.5, 0.6) is 0 Å². The van der Waals surface area contributed by atoms with Gasteiger partial charge < -0.3 is 14.8 Å². The summed E-state index contributed by atoms with van der Waals surface area (Å²) < 4.78 is 0. The minimum absolute atomic E-state index is 0.0871. The van der Waals surface area contributed by atoms with Crippen molar-refractivity contribution in [3.8, 4) is 0 Å². The molecule has 11 heavy (non-hydrogen) atoms. The summed E-state index contributed by atoms with van der Waals surface area (Å²) in [7, 11) is 0. The number of β-amino-alcohol motifs (C(OH)–C–C–N with tert-alkyl or cyclic N) is 1. The molecular weight excluding hydrogens is 148 g/mol. The number of hydrogen-bond acceptors (Lipinski definition) is 4. The van der Waals surface area contributed by atoms with Gasteiger partial charge in [0.1, 0.15) is 0 Å². The quantitative estimate of drug-likeness (QED) is 0.415. The predicted octanol–water partition coefficient (Wildman–Crippen LogP) is -1.18. The number of hydrogen-bond donors (Lipinski definition) is 1. The fraction of sp³-hybridized carbons (Fsp3) is 0.667. The van der Waals surface area contributed by atoms with Crippen molar-refractivity contribution in [2.75, 3.05) is 19.7 Å². The zero-order valence-electron chi connectivity index (χ0n) is 6.06.